The van der Waals surface area contributed by atoms with Gasteiger partial charge in [0.1, 0.15) is 6.33 Å². The number of aromatic nitrogens is 2. The van der Waals surface area contributed by atoms with Crippen molar-refractivity contribution >= 4 is 40.0 Å². The number of nitrogens with zero attached hydrogens (tertiary/aromatic N) is 2. The molecule has 2 aromatic rings. The van der Waals surface area contributed by atoms with Gasteiger partial charge < -0.3 is 10.1 Å². The molecule has 2 bridgehead atoms. The van der Waals surface area contributed by atoms with Crippen LogP contribution in [0.4, 0.5) is 0 Å². The van der Waals surface area contributed by atoms with Crippen LogP contribution in [0.15, 0.2) is 18.5 Å². The number of halogens is 2. The molecule has 7 heteroatoms. The van der Waals surface area contributed by atoms with E-state index < -0.39 is 0 Å². The lowest BCUT2D eigenvalue weighted by Gasteiger charge is -2.28. The van der Waals surface area contributed by atoms with Gasteiger partial charge in [0.2, 0.25) is 5.88 Å². The Hall–Kier alpha value is -1.59. The van der Waals surface area contributed by atoms with Crippen molar-refractivity contribution in [2.75, 3.05) is 6.61 Å². The summed E-state index contributed by atoms with van der Waals surface area (Å²) in [6, 6.07) is 3.48. The minimum Gasteiger partial charge on any atom is -0.467 e. The summed E-state index contributed by atoms with van der Waals surface area (Å²) in [5.41, 5.74) is 0.553. The first-order chi connectivity index (χ1) is 12.5. The third-order valence-corrected chi connectivity index (χ3v) is 6.29. The van der Waals surface area contributed by atoms with Gasteiger partial charge in [-0.05, 0) is 56.1 Å². The van der Waals surface area contributed by atoms with E-state index in [0.29, 0.717) is 32.7 Å². The van der Waals surface area contributed by atoms with Gasteiger partial charge in [0.25, 0.3) is 5.91 Å². The molecule has 0 unspecified atom stereocenters. The van der Waals surface area contributed by atoms with Crippen LogP contribution in [0.1, 0.15) is 32.6 Å². The highest BCUT2D eigenvalue weighted by molar-refractivity contribution is 6.38. The molecule has 1 heterocycles. The van der Waals surface area contributed by atoms with Crippen molar-refractivity contribution in [1.29, 1.82) is 0 Å². The smallest absolute Gasteiger partial charge is 0.258 e. The molecule has 0 aliphatic heterocycles. The molecule has 1 N–H and O–H groups in total. The van der Waals surface area contributed by atoms with Gasteiger partial charge in [-0.15, -0.1) is 0 Å². The second-order valence-corrected chi connectivity index (χ2v) is 8.29. The molecule has 0 radical (unpaired) electrons. The predicted molar refractivity (Wildman–Crippen MR) is 102 cm³/mol. The van der Waals surface area contributed by atoms with Crippen molar-refractivity contribution in [3.05, 3.63) is 28.5 Å². The molecular weight excluding hydrogens is 373 g/mol. The molecule has 2 saturated carbocycles. The van der Waals surface area contributed by atoms with Gasteiger partial charge in [-0.25, -0.2) is 9.97 Å². The van der Waals surface area contributed by atoms with E-state index in [1.165, 1.54) is 32.0 Å². The van der Waals surface area contributed by atoms with Gasteiger partial charge in [-0.2, -0.15) is 0 Å². The molecule has 4 atom stereocenters. The first-order valence-corrected chi connectivity index (χ1v) is 9.78. The highest BCUT2D eigenvalue weighted by atomic mass is 35.5. The summed E-state index contributed by atoms with van der Waals surface area (Å²) in [6.45, 7) is 2.00. The average molecular weight is 394 g/mol. The van der Waals surface area contributed by atoms with E-state index in [0.717, 1.165) is 11.8 Å². The Kier molecular flexibility index (Phi) is 4.93. The molecule has 2 aliphatic rings. The van der Waals surface area contributed by atoms with Crippen molar-refractivity contribution in [3.8, 4) is 5.88 Å². The zero-order valence-corrected chi connectivity index (χ0v) is 16.1. The lowest BCUT2D eigenvalue weighted by Crippen LogP contribution is -2.42. The Balaban J connectivity index is 1.39. The van der Waals surface area contributed by atoms with Crippen molar-refractivity contribution < 1.29 is 9.53 Å². The van der Waals surface area contributed by atoms with Crippen LogP contribution in [0.25, 0.3) is 10.9 Å². The number of fused-ring (bicyclic) bond motifs is 3. The van der Waals surface area contributed by atoms with Gasteiger partial charge >= 0.3 is 0 Å². The van der Waals surface area contributed by atoms with E-state index in [1.807, 2.05) is 0 Å². The normalized spacial score (nSPS) is 25.4. The average Bonchev–Trinajstić information content (AvgIpc) is 3.23. The molecule has 138 valence electrons. The van der Waals surface area contributed by atoms with Crippen LogP contribution in [0.5, 0.6) is 5.88 Å². The molecule has 1 amide bonds. The van der Waals surface area contributed by atoms with Crippen LogP contribution in [0, 0.1) is 17.8 Å². The van der Waals surface area contributed by atoms with E-state index >= 15 is 0 Å². The highest BCUT2D eigenvalue weighted by Gasteiger charge is 2.42. The molecule has 4 rings (SSSR count). The number of amides is 1. The minimum atomic E-state index is -0.139. The summed E-state index contributed by atoms with van der Waals surface area (Å²) in [4.78, 5) is 20.6. The number of hydrogen-bond acceptors (Lipinski definition) is 4. The highest BCUT2D eigenvalue weighted by Crippen LogP contribution is 2.49. The number of hydrogen-bond donors (Lipinski definition) is 1. The third kappa shape index (κ3) is 3.47. The Morgan fingerprint density at radius 3 is 2.88 bits per heavy atom. The zero-order chi connectivity index (χ0) is 18.3. The molecule has 0 spiro atoms. The second kappa shape index (κ2) is 7.20. The number of rotatable bonds is 5. The number of carbonyl (C=O) groups is 1. The topological polar surface area (TPSA) is 64.1 Å². The fourth-order valence-electron chi connectivity index (χ4n) is 4.63. The van der Waals surface area contributed by atoms with Gasteiger partial charge in [0.15, 0.2) is 6.61 Å². The van der Waals surface area contributed by atoms with Gasteiger partial charge in [-0.1, -0.05) is 29.6 Å². The number of benzene rings is 1. The van der Waals surface area contributed by atoms with E-state index in [4.69, 9.17) is 27.9 Å². The monoisotopic (exact) mass is 393 g/mol. The lowest BCUT2D eigenvalue weighted by molar-refractivity contribution is -0.124. The Bertz CT molecular complexity index is 845. The molecule has 2 fully saturated rings. The number of ether oxygens (including phenoxy) is 1. The molecule has 5 nitrogen and oxygen atoms in total. The quantitative estimate of drug-likeness (QED) is 0.823. The minimum absolute atomic E-state index is 0.0958. The SMILES string of the molecule is C[C@H](NC(=O)COc1ncnc2c(Cl)cc(Cl)cc12)[C@H]1C[C@@H]2CC[C@@H]1C2. The molecule has 2 aliphatic carbocycles. The second-order valence-electron chi connectivity index (χ2n) is 7.45. The van der Waals surface area contributed by atoms with Crippen LogP contribution in [0.2, 0.25) is 10.0 Å². The van der Waals surface area contributed by atoms with E-state index in [1.54, 1.807) is 12.1 Å². The maximum atomic E-state index is 12.3. The van der Waals surface area contributed by atoms with Crippen molar-refractivity contribution in [3.63, 3.8) is 0 Å². The molecule has 1 aromatic carbocycles. The Labute approximate surface area is 162 Å². The lowest BCUT2D eigenvalue weighted by atomic mass is 9.84. The van der Waals surface area contributed by atoms with Crippen LogP contribution in [0.3, 0.4) is 0 Å². The largest absolute Gasteiger partial charge is 0.467 e. The summed E-state index contributed by atoms with van der Waals surface area (Å²) in [7, 11) is 0. The zero-order valence-electron chi connectivity index (χ0n) is 14.5. The first-order valence-electron chi connectivity index (χ1n) is 9.03. The number of nitrogens with one attached hydrogen (secondary N) is 1. The Morgan fingerprint density at radius 2 is 2.15 bits per heavy atom. The van der Waals surface area contributed by atoms with Gasteiger partial charge in [0, 0.05) is 11.1 Å². The van der Waals surface area contributed by atoms with Gasteiger partial charge in [-0.3, -0.25) is 4.79 Å². The molecule has 26 heavy (non-hydrogen) atoms. The fraction of sp³-hybridized carbons (Fsp3) is 0.526. The maximum Gasteiger partial charge on any atom is 0.258 e. The van der Waals surface area contributed by atoms with E-state index in [9.17, 15) is 4.79 Å². The van der Waals surface area contributed by atoms with Crippen LogP contribution in [-0.2, 0) is 4.79 Å². The van der Waals surface area contributed by atoms with Crippen molar-refractivity contribution in [2.24, 2.45) is 17.8 Å². The first kappa shape index (κ1) is 17.8. The number of carbonyl (C=O) groups excluding carboxylic acids is 1. The standard InChI is InChI=1S/C19H21Cl2N3O2/c1-10(14-5-11-2-3-12(14)4-11)24-17(25)8-26-19-15-6-13(20)7-16(21)18(15)22-9-23-19/h6-7,9-12,14H,2-5,8H2,1H3,(H,24,25)/t10-,11+,12+,14+/m0/s1. The summed E-state index contributed by atoms with van der Waals surface area (Å²) in [6.07, 6.45) is 6.60. The molecule has 0 saturated heterocycles. The third-order valence-electron chi connectivity index (χ3n) is 5.78. The van der Waals surface area contributed by atoms with Crippen LogP contribution >= 0.6 is 23.2 Å². The summed E-state index contributed by atoms with van der Waals surface area (Å²) in [5, 5.41) is 4.58. The summed E-state index contributed by atoms with van der Waals surface area (Å²) in [5.74, 6) is 2.39. The predicted octanol–water partition coefficient (Wildman–Crippen LogP) is 4.26. The summed E-state index contributed by atoms with van der Waals surface area (Å²) >= 11 is 12.2. The molecule has 1 aromatic heterocycles. The molecular formula is C19H21Cl2N3O2. The maximum absolute atomic E-state index is 12.3. The van der Waals surface area contributed by atoms with Crippen molar-refractivity contribution in [2.45, 2.75) is 38.6 Å². The van der Waals surface area contributed by atoms with Crippen molar-refractivity contribution in [1.82, 2.24) is 15.3 Å². The van der Waals surface area contributed by atoms with Crippen LogP contribution < -0.4 is 10.1 Å². The Morgan fingerprint density at radius 1 is 1.31 bits per heavy atom. The summed E-state index contributed by atoms with van der Waals surface area (Å²) < 4.78 is 5.64. The fourth-order valence-corrected chi connectivity index (χ4v) is 5.17. The van der Waals surface area contributed by atoms with Gasteiger partial charge in [0.05, 0.1) is 15.9 Å². The van der Waals surface area contributed by atoms with E-state index in [-0.39, 0.29) is 18.6 Å². The van der Waals surface area contributed by atoms with Crippen LogP contribution in [-0.4, -0.2) is 28.5 Å². The van der Waals surface area contributed by atoms with E-state index in [2.05, 4.69) is 22.2 Å².